The maximum atomic E-state index is 13.8. The fourth-order valence-electron chi connectivity index (χ4n) is 5.65. The number of likely N-dealkylation sites (tertiary alicyclic amines) is 1. The van der Waals surface area contributed by atoms with Gasteiger partial charge in [-0.1, -0.05) is 18.6 Å². The highest BCUT2D eigenvalue weighted by atomic mass is 32.1. The fraction of sp³-hybridized carbons (Fsp3) is 0.594. The van der Waals surface area contributed by atoms with Gasteiger partial charge in [-0.15, -0.1) is 0 Å². The number of phenolic OH excluding ortho intramolecular Hbond substituents is 1. The molecule has 7 atom stereocenters. The second-order valence-corrected chi connectivity index (χ2v) is 13.2. The number of primary amides is 1. The van der Waals surface area contributed by atoms with Gasteiger partial charge in [-0.25, -0.2) is 0 Å². The molecular formula is C32H48N6O10S2. The number of carbonyl (C=O) groups is 7. The molecule has 1 aliphatic heterocycles. The van der Waals surface area contributed by atoms with Crippen LogP contribution in [0.5, 0.6) is 5.75 Å². The van der Waals surface area contributed by atoms with Crippen LogP contribution in [-0.2, 0) is 40.0 Å². The van der Waals surface area contributed by atoms with Gasteiger partial charge >= 0.3 is 5.97 Å². The lowest BCUT2D eigenvalue weighted by Crippen LogP contribution is -2.53. The molecule has 1 fully saturated rings. The third kappa shape index (κ3) is 12.6. The predicted molar refractivity (Wildman–Crippen MR) is 188 cm³/mol. The van der Waals surface area contributed by atoms with Crippen molar-refractivity contribution in [2.75, 3.05) is 25.4 Å². The van der Waals surface area contributed by atoms with Crippen molar-refractivity contribution in [2.24, 2.45) is 29.0 Å². The van der Waals surface area contributed by atoms with Gasteiger partial charge in [0.2, 0.25) is 23.6 Å². The van der Waals surface area contributed by atoms with Crippen molar-refractivity contribution in [3.8, 4) is 5.75 Å². The molecule has 2 rings (SSSR count). The number of aliphatic hydroxyl groups is 1. The third-order valence-electron chi connectivity index (χ3n) is 8.57. The summed E-state index contributed by atoms with van der Waals surface area (Å²) in [4.78, 5) is 91.2. The first-order chi connectivity index (χ1) is 23.6. The highest BCUT2D eigenvalue weighted by Crippen LogP contribution is 2.26. The molecule has 0 aliphatic carbocycles. The lowest BCUT2D eigenvalue weighted by molar-refractivity contribution is -0.144. The number of carboxylic acids is 1. The van der Waals surface area contributed by atoms with Crippen molar-refractivity contribution in [1.82, 2.24) is 15.5 Å². The number of thiol groups is 2. The van der Waals surface area contributed by atoms with Crippen LogP contribution in [0.1, 0.15) is 50.5 Å². The van der Waals surface area contributed by atoms with Gasteiger partial charge < -0.3 is 48.1 Å². The maximum absolute atomic E-state index is 13.8. The molecule has 16 nitrogen and oxygen atoms in total. The molecule has 18 heteroatoms. The summed E-state index contributed by atoms with van der Waals surface area (Å²) < 4.78 is 0. The van der Waals surface area contributed by atoms with E-state index in [1.807, 2.05) is 0 Å². The van der Waals surface area contributed by atoms with Crippen molar-refractivity contribution in [1.29, 1.82) is 0 Å². The van der Waals surface area contributed by atoms with Gasteiger partial charge in [0.15, 0.2) is 11.6 Å². The zero-order valence-corrected chi connectivity index (χ0v) is 29.4. The van der Waals surface area contributed by atoms with Crippen molar-refractivity contribution >= 4 is 66.4 Å². The molecule has 0 radical (unpaired) electrons. The predicted octanol–water partition coefficient (Wildman–Crippen LogP) is -1.71. The molecule has 50 heavy (non-hydrogen) atoms. The topological polar surface area (TPSA) is 286 Å². The molecule has 11 N–H and O–H groups in total. The van der Waals surface area contributed by atoms with Crippen LogP contribution in [0.25, 0.3) is 0 Å². The lowest BCUT2D eigenvalue weighted by atomic mass is 9.91. The summed E-state index contributed by atoms with van der Waals surface area (Å²) >= 11 is 8.13. The molecule has 4 amide bonds. The fourth-order valence-corrected chi connectivity index (χ4v) is 6.11. The molecule has 0 spiro atoms. The van der Waals surface area contributed by atoms with Gasteiger partial charge in [0.1, 0.15) is 23.1 Å². The Balaban J connectivity index is 2.22. The van der Waals surface area contributed by atoms with Crippen LogP contribution in [0.2, 0.25) is 0 Å². The number of unbranched alkanes of at least 4 members (excludes halogenated alkanes) is 1. The number of nitrogens with zero attached hydrogens (tertiary/aromatic N) is 1. The van der Waals surface area contributed by atoms with Gasteiger partial charge in [-0.2, -0.15) is 25.3 Å². The number of aromatic hydroxyl groups is 1. The van der Waals surface area contributed by atoms with Crippen LogP contribution in [0.3, 0.4) is 0 Å². The molecule has 0 bridgehead atoms. The highest BCUT2D eigenvalue weighted by molar-refractivity contribution is 7.81. The number of Topliss-reactive ketones (excluding diaryl/α,β-unsaturated/α-hetero) is 2. The minimum atomic E-state index is -1.46. The standard InChI is InChI=1S/C32H48N6O10S2/c33-10-2-1-4-18(13-25(42)26(34)27(50)32(47)48)31(46)38-11-3-5-23(38)30(45)37-22(16-49)24(41)14-19(12-17-6-8-20(40)9-7-17)29(44)36-21(15-39)28(35)43/h6-9,18-19,21-23,26-27,39-40,49-50H,1-5,10-16,33-34H2,(H2,35,43)(H,36,44)(H,37,45)(H,47,48)/t18-,19-,21+,22+,23+,26-,27-/m1/s1. The SMILES string of the molecule is NCCCC[C@H](CC(=O)[C@@H](N)[C@@H](S)C(=O)O)C(=O)N1CCC[C@H]1C(=O)N[C@@H](CS)C(=O)C[C@@H](Cc1ccc(O)cc1)C(=O)N[C@@H](CO)C(N)=O. The number of ketones is 2. The van der Waals surface area contributed by atoms with Crippen LogP contribution in [0.15, 0.2) is 24.3 Å². The first kappa shape index (κ1) is 42.5. The summed E-state index contributed by atoms with van der Waals surface area (Å²) in [5.41, 5.74) is 17.2. The quantitative estimate of drug-likeness (QED) is 0.0470. The first-order valence-corrected chi connectivity index (χ1v) is 17.4. The minimum absolute atomic E-state index is 0.00125. The number of hydrogen-bond donors (Lipinski definition) is 10. The largest absolute Gasteiger partial charge is 0.508 e. The Morgan fingerprint density at radius 1 is 0.960 bits per heavy atom. The number of nitrogens with two attached hydrogens (primary N) is 3. The Hall–Kier alpha value is -3.71. The van der Waals surface area contributed by atoms with E-state index < -0.39 is 95.4 Å². The Kier molecular flexibility index (Phi) is 17.7. The summed E-state index contributed by atoms with van der Waals surface area (Å²) in [7, 11) is 0. The maximum Gasteiger partial charge on any atom is 0.318 e. The Morgan fingerprint density at radius 2 is 1.60 bits per heavy atom. The summed E-state index contributed by atoms with van der Waals surface area (Å²) in [5, 5.41) is 31.8. The van der Waals surface area contributed by atoms with Gasteiger partial charge in [-0.3, -0.25) is 33.6 Å². The van der Waals surface area contributed by atoms with Crippen LogP contribution < -0.4 is 27.8 Å². The van der Waals surface area contributed by atoms with Gasteiger partial charge in [0.25, 0.3) is 0 Å². The molecule has 1 aromatic carbocycles. The van der Waals surface area contributed by atoms with Crippen LogP contribution >= 0.6 is 25.3 Å². The molecule has 0 saturated carbocycles. The van der Waals surface area contributed by atoms with E-state index in [1.165, 1.54) is 17.0 Å². The van der Waals surface area contributed by atoms with E-state index in [0.717, 1.165) is 0 Å². The molecule has 1 aromatic rings. The second kappa shape index (κ2) is 20.8. The number of hydrogen-bond acceptors (Lipinski definition) is 13. The Bertz CT molecular complexity index is 1370. The van der Waals surface area contributed by atoms with Gasteiger partial charge in [0, 0.05) is 37.0 Å². The first-order valence-electron chi connectivity index (χ1n) is 16.3. The van der Waals surface area contributed by atoms with E-state index >= 15 is 0 Å². The second-order valence-electron chi connectivity index (χ2n) is 12.3. The van der Waals surface area contributed by atoms with Crippen LogP contribution in [0, 0.1) is 11.8 Å². The zero-order valence-electron chi connectivity index (χ0n) is 27.6. The van der Waals surface area contributed by atoms with E-state index in [-0.39, 0.29) is 43.7 Å². The number of phenols is 1. The Labute approximate surface area is 301 Å². The van der Waals surface area contributed by atoms with E-state index in [2.05, 4.69) is 35.9 Å². The smallest absolute Gasteiger partial charge is 0.318 e. The number of nitrogens with one attached hydrogen (secondary N) is 2. The number of aliphatic hydroxyl groups excluding tert-OH is 1. The average molecular weight is 741 g/mol. The van der Waals surface area contributed by atoms with Crippen molar-refractivity contribution < 1.29 is 48.9 Å². The Morgan fingerprint density at radius 3 is 2.16 bits per heavy atom. The van der Waals surface area contributed by atoms with Crippen molar-refractivity contribution in [2.45, 2.75) is 80.8 Å². The van der Waals surface area contributed by atoms with Gasteiger partial charge in [0.05, 0.1) is 18.7 Å². The molecule has 1 saturated heterocycles. The molecule has 1 aliphatic rings. The number of aliphatic carboxylic acids is 1. The van der Waals surface area contributed by atoms with Crippen molar-refractivity contribution in [3.63, 3.8) is 0 Å². The molecule has 0 unspecified atom stereocenters. The summed E-state index contributed by atoms with van der Waals surface area (Å²) in [6.45, 7) is -0.209. The zero-order chi connectivity index (χ0) is 37.5. The van der Waals surface area contributed by atoms with Crippen LogP contribution in [0.4, 0.5) is 0 Å². The summed E-state index contributed by atoms with van der Waals surface area (Å²) in [6, 6.07) is 0.899. The number of amides is 4. The number of carbonyl (C=O) groups excluding carboxylic acids is 6. The monoisotopic (exact) mass is 740 g/mol. The minimum Gasteiger partial charge on any atom is -0.508 e. The van der Waals surface area contributed by atoms with E-state index in [4.69, 9.17) is 17.2 Å². The van der Waals surface area contributed by atoms with Crippen molar-refractivity contribution in [3.05, 3.63) is 29.8 Å². The average Bonchev–Trinajstić information content (AvgIpc) is 3.58. The molecule has 1 heterocycles. The normalized spacial score (nSPS) is 17.9. The highest BCUT2D eigenvalue weighted by Gasteiger charge is 2.40. The summed E-state index contributed by atoms with van der Waals surface area (Å²) in [5.74, 6) is -7.59. The van der Waals surface area contributed by atoms with E-state index in [9.17, 15) is 48.9 Å². The van der Waals surface area contributed by atoms with Gasteiger partial charge in [-0.05, 0) is 56.3 Å². The van der Waals surface area contributed by atoms with E-state index in [1.54, 1.807) is 12.1 Å². The van der Waals surface area contributed by atoms with E-state index in [0.29, 0.717) is 31.4 Å². The number of rotatable bonds is 22. The number of carboxylic acid groups (broad SMARTS) is 1. The third-order valence-corrected chi connectivity index (χ3v) is 9.48. The summed E-state index contributed by atoms with van der Waals surface area (Å²) in [6.07, 6.45) is 1.29. The molecular weight excluding hydrogens is 693 g/mol. The molecule has 278 valence electrons. The number of benzene rings is 1. The molecule has 0 aromatic heterocycles. The lowest BCUT2D eigenvalue weighted by Gasteiger charge is -2.30. The van der Waals surface area contributed by atoms with Crippen LogP contribution in [-0.4, -0.2) is 116 Å².